The van der Waals surface area contributed by atoms with Crippen molar-refractivity contribution in [3.8, 4) is 5.75 Å². The number of nitrogens with one attached hydrogen (secondary N) is 1. The summed E-state index contributed by atoms with van der Waals surface area (Å²) in [6.45, 7) is 0. The van der Waals surface area contributed by atoms with Crippen molar-refractivity contribution < 1.29 is 14.4 Å². The molecule has 0 spiro atoms. The molecule has 2 aromatic carbocycles. The molecule has 118 valence electrons. The van der Waals surface area contributed by atoms with Crippen LogP contribution < -0.4 is 10.1 Å². The molecular formula is C17H15ClN2O3. The van der Waals surface area contributed by atoms with Crippen molar-refractivity contribution in [3.05, 3.63) is 59.1 Å². The quantitative estimate of drug-likeness (QED) is 0.933. The van der Waals surface area contributed by atoms with Gasteiger partial charge in [-0.2, -0.15) is 0 Å². The monoisotopic (exact) mass is 330 g/mol. The Labute approximate surface area is 138 Å². The number of hydrogen-bond donors (Lipinski definition) is 1. The summed E-state index contributed by atoms with van der Waals surface area (Å²) in [4.78, 5) is 17.5. The molecule has 3 rings (SSSR count). The van der Waals surface area contributed by atoms with Gasteiger partial charge in [0.05, 0.1) is 12.8 Å². The second-order valence-corrected chi connectivity index (χ2v) is 5.50. The maximum Gasteiger partial charge on any atom is 0.268 e. The van der Waals surface area contributed by atoms with Gasteiger partial charge in [-0.15, -0.1) is 0 Å². The third kappa shape index (κ3) is 3.63. The third-order valence-electron chi connectivity index (χ3n) is 3.50. The van der Waals surface area contributed by atoms with E-state index in [9.17, 15) is 4.79 Å². The first-order valence-corrected chi connectivity index (χ1v) is 7.47. The van der Waals surface area contributed by atoms with Gasteiger partial charge in [-0.1, -0.05) is 28.9 Å². The lowest BCUT2D eigenvalue weighted by atomic mass is 10.0. The topological polar surface area (TPSA) is 59.9 Å². The number of nitrogens with zero attached hydrogens (tertiary/aromatic N) is 1. The smallest absolute Gasteiger partial charge is 0.268 e. The first kappa shape index (κ1) is 15.4. The molecule has 0 saturated heterocycles. The normalized spacial score (nSPS) is 16.4. The van der Waals surface area contributed by atoms with E-state index in [0.717, 1.165) is 17.0 Å². The highest BCUT2D eigenvalue weighted by atomic mass is 35.5. The highest BCUT2D eigenvalue weighted by molar-refractivity contribution is 6.30. The Kier molecular flexibility index (Phi) is 4.48. The van der Waals surface area contributed by atoms with Crippen molar-refractivity contribution in [2.75, 3.05) is 12.4 Å². The standard InChI is InChI=1S/C17H15ClN2O3/c1-22-14-8-6-13(7-9-14)19-17(21)16-10-15(20-23-16)11-2-4-12(18)5-3-11/h2-9,16H,10H2,1H3,(H,19,21)/t16-/m1/s1. The molecule has 1 atom stereocenters. The molecule has 1 N–H and O–H groups in total. The van der Waals surface area contributed by atoms with Crippen LogP contribution in [0.25, 0.3) is 0 Å². The third-order valence-corrected chi connectivity index (χ3v) is 3.75. The summed E-state index contributed by atoms with van der Waals surface area (Å²) >= 11 is 5.87. The van der Waals surface area contributed by atoms with Crippen LogP contribution in [-0.4, -0.2) is 24.8 Å². The molecule has 0 saturated carbocycles. The summed E-state index contributed by atoms with van der Waals surface area (Å²) in [5.74, 6) is 0.497. The van der Waals surface area contributed by atoms with E-state index < -0.39 is 6.10 Å². The van der Waals surface area contributed by atoms with Gasteiger partial charge in [0.25, 0.3) is 5.91 Å². The van der Waals surface area contributed by atoms with E-state index in [-0.39, 0.29) is 5.91 Å². The van der Waals surface area contributed by atoms with Crippen LogP contribution in [0.1, 0.15) is 12.0 Å². The van der Waals surface area contributed by atoms with Crippen LogP contribution in [0.4, 0.5) is 5.69 Å². The van der Waals surface area contributed by atoms with E-state index in [1.165, 1.54) is 0 Å². The molecule has 1 heterocycles. The number of amides is 1. The lowest BCUT2D eigenvalue weighted by Crippen LogP contribution is -2.28. The molecule has 2 aromatic rings. The molecule has 23 heavy (non-hydrogen) atoms. The number of carbonyl (C=O) groups is 1. The van der Waals surface area contributed by atoms with Gasteiger partial charge in [0.1, 0.15) is 5.75 Å². The van der Waals surface area contributed by atoms with Crippen LogP contribution in [0.2, 0.25) is 5.02 Å². The minimum absolute atomic E-state index is 0.233. The SMILES string of the molecule is COc1ccc(NC(=O)[C@H]2CC(c3ccc(Cl)cc3)=NO2)cc1. The van der Waals surface area contributed by atoms with E-state index in [1.54, 1.807) is 43.5 Å². The van der Waals surface area contributed by atoms with Gasteiger partial charge in [-0.3, -0.25) is 4.79 Å². The molecule has 0 unspecified atom stereocenters. The van der Waals surface area contributed by atoms with E-state index in [2.05, 4.69) is 10.5 Å². The summed E-state index contributed by atoms with van der Waals surface area (Å²) in [7, 11) is 1.59. The first-order valence-electron chi connectivity index (χ1n) is 7.09. The number of hydrogen-bond acceptors (Lipinski definition) is 4. The molecule has 0 radical (unpaired) electrons. The minimum Gasteiger partial charge on any atom is -0.497 e. The Hall–Kier alpha value is -2.53. The van der Waals surface area contributed by atoms with E-state index in [4.69, 9.17) is 21.2 Å². The number of halogens is 1. The van der Waals surface area contributed by atoms with Crippen LogP contribution in [0.15, 0.2) is 53.7 Å². The van der Waals surface area contributed by atoms with Gasteiger partial charge >= 0.3 is 0 Å². The maximum atomic E-state index is 12.2. The summed E-state index contributed by atoms with van der Waals surface area (Å²) in [6, 6.07) is 14.4. The maximum absolute atomic E-state index is 12.2. The number of methoxy groups -OCH3 is 1. The summed E-state index contributed by atoms with van der Waals surface area (Å²) < 4.78 is 5.08. The Morgan fingerprint density at radius 1 is 1.22 bits per heavy atom. The average molecular weight is 331 g/mol. The van der Waals surface area contributed by atoms with Gasteiger partial charge in [0.15, 0.2) is 0 Å². The Morgan fingerprint density at radius 3 is 2.57 bits per heavy atom. The van der Waals surface area contributed by atoms with E-state index >= 15 is 0 Å². The first-order chi connectivity index (χ1) is 11.2. The molecule has 0 aliphatic carbocycles. The molecule has 5 nitrogen and oxygen atoms in total. The van der Waals surface area contributed by atoms with Gasteiger partial charge in [-0.25, -0.2) is 0 Å². The Morgan fingerprint density at radius 2 is 1.91 bits per heavy atom. The Bertz CT molecular complexity index is 727. The fourth-order valence-corrected chi connectivity index (χ4v) is 2.35. The summed E-state index contributed by atoms with van der Waals surface area (Å²) in [5.41, 5.74) is 2.31. The fourth-order valence-electron chi connectivity index (χ4n) is 2.23. The fraction of sp³-hybridized carbons (Fsp3) is 0.176. The number of benzene rings is 2. The van der Waals surface area contributed by atoms with Crippen LogP contribution in [0, 0.1) is 0 Å². The minimum atomic E-state index is -0.636. The van der Waals surface area contributed by atoms with Crippen molar-refractivity contribution >= 4 is 28.9 Å². The second kappa shape index (κ2) is 6.71. The van der Waals surface area contributed by atoms with Crippen molar-refractivity contribution in [2.24, 2.45) is 5.16 Å². The Balaban J connectivity index is 1.60. The van der Waals surface area contributed by atoms with Crippen molar-refractivity contribution in [1.29, 1.82) is 0 Å². The molecule has 0 bridgehead atoms. The molecule has 1 aliphatic rings. The van der Waals surface area contributed by atoms with Gasteiger partial charge in [-0.05, 0) is 42.0 Å². The lowest BCUT2D eigenvalue weighted by Gasteiger charge is -2.10. The van der Waals surface area contributed by atoms with Crippen molar-refractivity contribution in [3.63, 3.8) is 0 Å². The number of oxime groups is 1. The largest absolute Gasteiger partial charge is 0.497 e. The van der Waals surface area contributed by atoms with Gasteiger partial charge in [0.2, 0.25) is 6.10 Å². The highest BCUT2D eigenvalue weighted by Gasteiger charge is 2.28. The van der Waals surface area contributed by atoms with Crippen molar-refractivity contribution in [2.45, 2.75) is 12.5 Å². The molecule has 1 aliphatic heterocycles. The van der Waals surface area contributed by atoms with Crippen molar-refractivity contribution in [1.82, 2.24) is 0 Å². The summed E-state index contributed by atoms with van der Waals surface area (Å²) in [6.07, 6.45) is -0.216. The van der Waals surface area contributed by atoms with E-state index in [1.807, 2.05) is 12.1 Å². The van der Waals surface area contributed by atoms with Crippen LogP contribution in [0.3, 0.4) is 0 Å². The summed E-state index contributed by atoms with van der Waals surface area (Å²) in [5, 5.41) is 7.46. The van der Waals surface area contributed by atoms with Gasteiger partial charge < -0.3 is 14.9 Å². The van der Waals surface area contributed by atoms with Crippen LogP contribution >= 0.6 is 11.6 Å². The highest BCUT2D eigenvalue weighted by Crippen LogP contribution is 2.21. The van der Waals surface area contributed by atoms with Crippen LogP contribution in [-0.2, 0) is 9.63 Å². The average Bonchev–Trinajstić information content (AvgIpc) is 3.06. The number of rotatable bonds is 4. The lowest BCUT2D eigenvalue weighted by molar-refractivity contribution is -0.125. The second-order valence-electron chi connectivity index (χ2n) is 5.06. The van der Waals surface area contributed by atoms with E-state index in [0.29, 0.717) is 17.1 Å². The van der Waals surface area contributed by atoms with Gasteiger partial charge in [0, 0.05) is 17.1 Å². The zero-order valence-electron chi connectivity index (χ0n) is 12.5. The zero-order valence-corrected chi connectivity index (χ0v) is 13.2. The molecule has 1 amide bonds. The number of carbonyl (C=O) groups excluding carboxylic acids is 1. The molecule has 0 fully saturated rings. The zero-order chi connectivity index (χ0) is 16.2. The van der Waals surface area contributed by atoms with Crippen LogP contribution in [0.5, 0.6) is 5.75 Å². The predicted molar refractivity (Wildman–Crippen MR) is 89.1 cm³/mol. The number of ether oxygens (including phenoxy) is 1. The number of anilines is 1. The predicted octanol–water partition coefficient (Wildman–Crippen LogP) is 3.48. The molecule has 0 aromatic heterocycles. The molecule has 6 heteroatoms. The molecular weight excluding hydrogens is 316 g/mol.